The summed E-state index contributed by atoms with van der Waals surface area (Å²) in [5.41, 5.74) is -0.834. The van der Waals surface area contributed by atoms with E-state index in [9.17, 15) is 18.4 Å². The van der Waals surface area contributed by atoms with Crippen LogP contribution >= 0.6 is 0 Å². The number of carbonyl (C=O) groups is 2. The highest BCUT2D eigenvalue weighted by Crippen LogP contribution is 2.22. The highest BCUT2D eigenvalue weighted by atomic mass is 19.1. The zero-order valence-corrected chi connectivity index (χ0v) is 12.7. The van der Waals surface area contributed by atoms with Gasteiger partial charge in [0.2, 0.25) is 5.91 Å². The number of para-hydroxylation sites is 1. The van der Waals surface area contributed by atoms with Gasteiger partial charge in [-0.3, -0.25) is 4.79 Å². The maximum atomic E-state index is 13.5. The number of hydrogen-bond donors (Lipinski definition) is 2. The first kappa shape index (κ1) is 16.2. The molecule has 2 rings (SSSR count). The normalized spacial score (nSPS) is 18.5. The quantitative estimate of drug-likeness (QED) is 0.881. The summed E-state index contributed by atoms with van der Waals surface area (Å²) in [6.45, 7) is 6.09. The van der Waals surface area contributed by atoms with Gasteiger partial charge < -0.3 is 15.5 Å². The van der Waals surface area contributed by atoms with E-state index in [4.69, 9.17) is 0 Å². The molecule has 5 nitrogen and oxygen atoms in total. The Bertz CT molecular complexity index is 579. The molecule has 1 aliphatic rings. The number of likely N-dealkylation sites (tertiary alicyclic amines) is 1. The van der Waals surface area contributed by atoms with Crippen molar-refractivity contribution in [2.45, 2.75) is 38.8 Å². The summed E-state index contributed by atoms with van der Waals surface area (Å²) in [5.74, 6) is -1.77. The molecule has 0 radical (unpaired) electrons. The standard InChI is InChI=1S/C15H19F2N3O2/c1-15(2,3)20-8-9(7-12(20)21)18-14(22)19-13-10(16)5-4-6-11(13)17/h4-6,9H,7-8H2,1-3H3,(H2,18,19,22). The van der Waals surface area contributed by atoms with Crippen LogP contribution in [0.4, 0.5) is 19.3 Å². The van der Waals surface area contributed by atoms with Crippen LogP contribution in [0.25, 0.3) is 0 Å². The lowest BCUT2D eigenvalue weighted by atomic mass is 10.1. The summed E-state index contributed by atoms with van der Waals surface area (Å²) in [5, 5.41) is 4.71. The second-order valence-electron chi connectivity index (χ2n) is 6.27. The molecule has 0 aromatic heterocycles. The van der Waals surface area contributed by atoms with Crippen molar-refractivity contribution >= 4 is 17.6 Å². The number of urea groups is 1. The molecule has 1 aromatic carbocycles. The monoisotopic (exact) mass is 311 g/mol. The maximum Gasteiger partial charge on any atom is 0.319 e. The van der Waals surface area contributed by atoms with Crippen molar-refractivity contribution < 1.29 is 18.4 Å². The van der Waals surface area contributed by atoms with Crippen LogP contribution in [-0.4, -0.2) is 35.0 Å². The SMILES string of the molecule is CC(C)(C)N1CC(NC(=O)Nc2c(F)cccc2F)CC1=O. The van der Waals surface area contributed by atoms with Crippen LogP contribution in [0.2, 0.25) is 0 Å². The first-order valence-electron chi connectivity index (χ1n) is 7.00. The second-order valence-corrected chi connectivity index (χ2v) is 6.27. The summed E-state index contributed by atoms with van der Waals surface area (Å²) in [6, 6.07) is 2.20. The molecule has 1 aliphatic heterocycles. The van der Waals surface area contributed by atoms with E-state index in [1.807, 2.05) is 20.8 Å². The molecule has 1 heterocycles. The Morgan fingerprint density at radius 1 is 1.27 bits per heavy atom. The van der Waals surface area contributed by atoms with Crippen molar-refractivity contribution in [3.8, 4) is 0 Å². The lowest BCUT2D eigenvalue weighted by molar-refractivity contribution is -0.131. The molecule has 7 heteroatoms. The van der Waals surface area contributed by atoms with Gasteiger partial charge in [0.25, 0.3) is 0 Å². The van der Waals surface area contributed by atoms with Gasteiger partial charge in [0.15, 0.2) is 0 Å². The van der Waals surface area contributed by atoms with Gasteiger partial charge in [0, 0.05) is 18.5 Å². The van der Waals surface area contributed by atoms with Gasteiger partial charge in [-0.25, -0.2) is 13.6 Å². The summed E-state index contributed by atoms with van der Waals surface area (Å²) < 4.78 is 26.9. The molecule has 120 valence electrons. The number of rotatable bonds is 2. The van der Waals surface area contributed by atoms with Gasteiger partial charge in [0.05, 0.1) is 6.04 Å². The lowest BCUT2D eigenvalue weighted by Gasteiger charge is -2.32. The third-order valence-corrected chi connectivity index (χ3v) is 3.47. The topological polar surface area (TPSA) is 61.4 Å². The number of benzene rings is 1. The highest BCUT2D eigenvalue weighted by Gasteiger charge is 2.36. The molecule has 0 saturated carbocycles. The summed E-state index contributed by atoms with van der Waals surface area (Å²) in [7, 11) is 0. The van der Waals surface area contributed by atoms with Gasteiger partial charge in [-0.15, -0.1) is 0 Å². The third kappa shape index (κ3) is 3.52. The largest absolute Gasteiger partial charge is 0.336 e. The molecule has 1 atom stereocenters. The van der Waals surface area contributed by atoms with Crippen molar-refractivity contribution in [2.75, 3.05) is 11.9 Å². The molecule has 0 bridgehead atoms. The zero-order chi connectivity index (χ0) is 16.5. The van der Waals surface area contributed by atoms with E-state index in [1.165, 1.54) is 6.07 Å². The van der Waals surface area contributed by atoms with E-state index in [0.29, 0.717) is 6.54 Å². The number of amides is 3. The van der Waals surface area contributed by atoms with Crippen LogP contribution in [0.15, 0.2) is 18.2 Å². The van der Waals surface area contributed by atoms with Crippen molar-refractivity contribution in [2.24, 2.45) is 0 Å². The Morgan fingerprint density at radius 2 is 1.86 bits per heavy atom. The minimum atomic E-state index is -0.853. The van der Waals surface area contributed by atoms with Crippen LogP contribution in [0.5, 0.6) is 0 Å². The van der Waals surface area contributed by atoms with E-state index in [0.717, 1.165) is 12.1 Å². The van der Waals surface area contributed by atoms with Crippen LogP contribution in [0, 0.1) is 11.6 Å². The number of carbonyl (C=O) groups excluding carboxylic acids is 2. The molecule has 22 heavy (non-hydrogen) atoms. The van der Waals surface area contributed by atoms with E-state index in [1.54, 1.807) is 4.90 Å². The van der Waals surface area contributed by atoms with Gasteiger partial charge >= 0.3 is 6.03 Å². The molecule has 1 fully saturated rings. The highest BCUT2D eigenvalue weighted by molar-refractivity contribution is 5.90. The Balaban J connectivity index is 1.98. The number of nitrogens with one attached hydrogen (secondary N) is 2. The van der Waals surface area contributed by atoms with Crippen molar-refractivity contribution in [3.05, 3.63) is 29.8 Å². The number of nitrogens with zero attached hydrogens (tertiary/aromatic N) is 1. The van der Waals surface area contributed by atoms with E-state index in [-0.39, 0.29) is 23.9 Å². The Morgan fingerprint density at radius 3 is 2.36 bits per heavy atom. The van der Waals surface area contributed by atoms with Crippen LogP contribution in [0.1, 0.15) is 27.2 Å². The van der Waals surface area contributed by atoms with Crippen molar-refractivity contribution in [1.82, 2.24) is 10.2 Å². The predicted octanol–water partition coefficient (Wildman–Crippen LogP) is 2.49. The summed E-state index contributed by atoms with van der Waals surface area (Å²) >= 11 is 0. The van der Waals surface area contributed by atoms with Gasteiger partial charge in [-0.2, -0.15) is 0 Å². The average molecular weight is 311 g/mol. The minimum Gasteiger partial charge on any atom is -0.336 e. The summed E-state index contributed by atoms with van der Waals surface area (Å²) in [4.78, 5) is 25.4. The zero-order valence-electron chi connectivity index (χ0n) is 12.7. The number of hydrogen-bond acceptors (Lipinski definition) is 2. The Labute approximate surface area is 127 Å². The van der Waals surface area contributed by atoms with Gasteiger partial charge in [-0.1, -0.05) is 6.07 Å². The fraction of sp³-hybridized carbons (Fsp3) is 0.467. The van der Waals surface area contributed by atoms with E-state index in [2.05, 4.69) is 10.6 Å². The molecule has 0 spiro atoms. The molecular weight excluding hydrogens is 292 g/mol. The first-order valence-corrected chi connectivity index (χ1v) is 7.00. The molecule has 1 saturated heterocycles. The molecule has 1 aromatic rings. The fourth-order valence-corrected chi connectivity index (χ4v) is 2.40. The maximum absolute atomic E-state index is 13.5. The van der Waals surface area contributed by atoms with Crippen molar-refractivity contribution in [3.63, 3.8) is 0 Å². The van der Waals surface area contributed by atoms with Crippen LogP contribution in [0.3, 0.4) is 0 Å². The second kappa shape index (κ2) is 5.90. The Hall–Kier alpha value is -2.18. The lowest BCUT2D eigenvalue weighted by Crippen LogP contribution is -2.45. The van der Waals surface area contributed by atoms with Gasteiger partial charge in [0.1, 0.15) is 17.3 Å². The molecular formula is C15H19F2N3O2. The summed E-state index contributed by atoms with van der Waals surface area (Å²) in [6.07, 6.45) is 0.171. The van der Waals surface area contributed by atoms with Gasteiger partial charge in [-0.05, 0) is 32.9 Å². The minimum absolute atomic E-state index is 0.0603. The molecule has 1 unspecified atom stereocenters. The van der Waals surface area contributed by atoms with E-state index < -0.39 is 23.4 Å². The fourth-order valence-electron chi connectivity index (χ4n) is 2.40. The van der Waals surface area contributed by atoms with Crippen LogP contribution in [-0.2, 0) is 4.79 Å². The smallest absolute Gasteiger partial charge is 0.319 e. The van der Waals surface area contributed by atoms with E-state index >= 15 is 0 Å². The average Bonchev–Trinajstić information content (AvgIpc) is 2.75. The number of halogens is 2. The molecule has 3 amide bonds. The molecule has 0 aliphatic carbocycles. The number of anilines is 1. The first-order chi connectivity index (χ1) is 10.2. The van der Waals surface area contributed by atoms with Crippen LogP contribution < -0.4 is 10.6 Å². The predicted molar refractivity (Wildman–Crippen MR) is 78.4 cm³/mol. The Kier molecular flexibility index (Phi) is 4.35. The van der Waals surface area contributed by atoms with Crippen molar-refractivity contribution in [1.29, 1.82) is 0 Å². The third-order valence-electron chi connectivity index (χ3n) is 3.47. The molecule has 2 N–H and O–H groups in total.